The average molecular weight is 1170 g/mol. The van der Waals surface area contributed by atoms with Crippen molar-refractivity contribution in [3.63, 3.8) is 0 Å². The second-order valence-electron chi connectivity index (χ2n) is 25.1. The minimum absolute atomic E-state index is 0.0716. The quantitative estimate of drug-likeness (QED) is 0.0223. The molecular formula is C68H132O14. The summed E-state index contributed by atoms with van der Waals surface area (Å²) in [5, 5.41) is 72.6. The smallest absolute Gasteiger partial charge is 0.306 e. The molecule has 2 saturated heterocycles. The Kier molecular flexibility index (Phi) is 52.0. The van der Waals surface area contributed by atoms with Crippen LogP contribution in [0.25, 0.3) is 0 Å². The highest BCUT2D eigenvalue weighted by atomic mass is 16.7. The SMILES string of the molecule is CCCCCCCCCCCCCCCCCCCCCCCCCCCOCC(COC1OC(COC2OC(CO)C(O)C(O)C2O)C(O)C(O)C1O)OC(=O)CCCCCCCCCCCCCCCCCCCCCCCCC. The Bertz CT molecular complexity index is 1360. The maximum absolute atomic E-state index is 13.2. The summed E-state index contributed by atoms with van der Waals surface area (Å²) < 4.78 is 34.6. The highest BCUT2D eigenvalue weighted by molar-refractivity contribution is 5.69. The average Bonchev–Trinajstić information content (AvgIpc) is 3.59. The third kappa shape index (κ3) is 40.4. The first-order chi connectivity index (χ1) is 40.1. The molecule has 0 aromatic rings. The molecule has 0 amide bonds. The number of unbranched alkanes of at least 4 members (excludes halogenated alkanes) is 46. The largest absolute Gasteiger partial charge is 0.457 e. The molecule has 0 aromatic heterocycles. The minimum atomic E-state index is -1.70. The van der Waals surface area contributed by atoms with Crippen molar-refractivity contribution in [1.82, 2.24) is 0 Å². The van der Waals surface area contributed by atoms with Gasteiger partial charge >= 0.3 is 5.97 Å². The number of carbonyl (C=O) groups excluding carboxylic acids is 1. The molecule has 2 rings (SSSR count). The van der Waals surface area contributed by atoms with Crippen LogP contribution in [-0.4, -0.2) is 142 Å². The van der Waals surface area contributed by atoms with Crippen LogP contribution in [0.4, 0.5) is 0 Å². The molecule has 2 aliphatic heterocycles. The molecule has 11 atom stereocenters. The first-order valence-corrected chi connectivity index (χ1v) is 35.1. The number of carbonyl (C=O) groups is 1. The second kappa shape index (κ2) is 55.3. The summed E-state index contributed by atoms with van der Waals surface area (Å²) in [5.41, 5.74) is 0. The van der Waals surface area contributed by atoms with Gasteiger partial charge in [-0.15, -0.1) is 0 Å². The summed E-state index contributed by atoms with van der Waals surface area (Å²) in [6.07, 6.45) is 47.6. The van der Waals surface area contributed by atoms with Gasteiger partial charge in [-0.2, -0.15) is 0 Å². The molecule has 2 fully saturated rings. The van der Waals surface area contributed by atoms with Crippen LogP contribution in [0, 0.1) is 0 Å². The topological polar surface area (TPSA) is 214 Å². The van der Waals surface area contributed by atoms with Crippen LogP contribution in [0.15, 0.2) is 0 Å². The van der Waals surface area contributed by atoms with Gasteiger partial charge in [-0.25, -0.2) is 0 Å². The molecule has 14 heteroatoms. The lowest BCUT2D eigenvalue weighted by atomic mass is 9.98. The third-order valence-corrected chi connectivity index (χ3v) is 17.4. The van der Waals surface area contributed by atoms with Gasteiger partial charge in [0.05, 0.1) is 26.4 Å². The summed E-state index contributed by atoms with van der Waals surface area (Å²) in [6.45, 7) is 3.80. The van der Waals surface area contributed by atoms with E-state index in [1.807, 2.05) is 0 Å². The van der Waals surface area contributed by atoms with Gasteiger partial charge in [-0.1, -0.05) is 309 Å². The monoisotopic (exact) mass is 1170 g/mol. The van der Waals surface area contributed by atoms with Crippen molar-refractivity contribution in [2.45, 2.75) is 396 Å². The Labute approximate surface area is 502 Å². The highest BCUT2D eigenvalue weighted by Gasteiger charge is 2.47. The van der Waals surface area contributed by atoms with Crippen LogP contribution in [0.3, 0.4) is 0 Å². The summed E-state index contributed by atoms with van der Waals surface area (Å²) >= 11 is 0. The van der Waals surface area contributed by atoms with Crippen LogP contribution in [0.2, 0.25) is 0 Å². The first-order valence-electron chi connectivity index (χ1n) is 35.1. The standard InChI is InChI=1S/C68H132O14/c1-3-5-7-9-11-13-15-17-19-21-23-25-27-28-30-32-34-36-38-40-42-44-46-48-50-52-77-54-57(55-78-67-66(76)64(74)62(72)59(82-67)56-79-68-65(75)63(73)61(71)58(53-69)81-68)80-60(70)51-49-47-45-43-41-39-37-35-33-31-29-26-24-22-20-18-16-14-12-10-8-6-4-2/h57-59,61-69,71-76H,3-56H2,1-2H3. The van der Waals surface area contributed by atoms with Gasteiger partial charge in [0.25, 0.3) is 0 Å². The van der Waals surface area contributed by atoms with E-state index in [0.29, 0.717) is 6.61 Å². The molecule has 82 heavy (non-hydrogen) atoms. The number of aliphatic hydroxyl groups is 7. The van der Waals surface area contributed by atoms with E-state index < -0.39 is 80.7 Å². The Hall–Kier alpha value is -1.01. The van der Waals surface area contributed by atoms with Gasteiger partial charge in [-0.05, 0) is 12.8 Å². The molecule has 0 spiro atoms. The molecule has 0 bridgehead atoms. The van der Waals surface area contributed by atoms with Crippen molar-refractivity contribution in [3.8, 4) is 0 Å². The number of ether oxygens (including phenoxy) is 6. The zero-order valence-corrected chi connectivity index (χ0v) is 53.0. The van der Waals surface area contributed by atoms with Gasteiger partial charge in [0.15, 0.2) is 12.6 Å². The Morgan fingerprint density at radius 3 is 0.988 bits per heavy atom. The predicted molar refractivity (Wildman–Crippen MR) is 331 cm³/mol. The fourth-order valence-electron chi connectivity index (χ4n) is 11.8. The van der Waals surface area contributed by atoms with E-state index in [0.717, 1.165) is 44.9 Å². The molecule has 2 aliphatic rings. The van der Waals surface area contributed by atoms with Crippen LogP contribution >= 0.6 is 0 Å². The number of hydrogen-bond donors (Lipinski definition) is 7. The van der Waals surface area contributed by atoms with Crippen LogP contribution in [-0.2, 0) is 33.2 Å². The van der Waals surface area contributed by atoms with Crippen molar-refractivity contribution < 1.29 is 69.0 Å². The summed E-state index contributed by atoms with van der Waals surface area (Å²) in [6, 6.07) is 0. The van der Waals surface area contributed by atoms with Crippen LogP contribution in [0.5, 0.6) is 0 Å². The Morgan fingerprint density at radius 2 is 0.646 bits per heavy atom. The van der Waals surface area contributed by atoms with Crippen molar-refractivity contribution in [1.29, 1.82) is 0 Å². The van der Waals surface area contributed by atoms with Gasteiger partial charge in [-0.3, -0.25) is 4.79 Å². The molecule has 2 heterocycles. The normalized spacial score (nSPS) is 23.4. The van der Waals surface area contributed by atoms with Crippen molar-refractivity contribution in [2.24, 2.45) is 0 Å². The van der Waals surface area contributed by atoms with E-state index in [1.54, 1.807) is 0 Å². The number of esters is 1. The van der Waals surface area contributed by atoms with Crippen molar-refractivity contribution in [3.05, 3.63) is 0 Å². The molecule has 0 saturated carbocycles. The molecule has 0 aliphatic carbocycles. The summed E-state index contributed by atoms with van der Waals surface area (Å²) in [7, 11) is 0. The maximum Gasteiger partial charge on any atom is 0.306 e. The molecule has 7 N–H and O–H groups in total. The maximum atomic E-state index is 13.2. The van der Waals surface area contributed by atoms with Crippen LogP contribution in [0.1, 0.15) is 328 Å². The minimum Gasteiger partial charge on any atom is -0.457 e. The van der Waals surface area contributed by atoms with Crippen molar-refractivity contribution in [2.75, 3.05) is 33.0 Å². The lowest BCUT2D eigenvalue weighted by Crippen LogP contribution is -2.61. The molecule has 0 aromatic carbocycles. The van der Waals surface area contributed by atoms with Gasteiger partial charge in [0, 0.05) is 13.0 Å². The second-order valence-corrected chi connectivity index (χ2v) is 25.1. The van der Waals surface area contributed by atoms with E-state index in [2.05, 4.69) is 13.8 Å². The van der Waals surface area contributed by atoms with Gasteiger partial charge in [0.1, 0.15) is 54.9 Å². The third-order valence-electron chi connectivity index (χ3n) is 17.4. The summed E-state index contributed by atoms with van der Waals surface area (Å²) in [5.74, 6) is -0.364. The molecule has 0 radical (unpaired) electrons. The summed E-state index contributed by atoms with van der Waals surface area (Å²) in [4.78, 5) is 13.2. The first kappa shape index (κ1) is 77.1. The van der Waals surface area contributed by atoms with E-state index >= 15 is 0 Å². The number of hydrogen-bond acceptors (Lipinski definition) is 14. The lowest BCUT2D eigenvalue weighted by molar-refractivity contribution is -0.332. The zero-order valence-electron chi connectivity index (χ0n) is 53.0. The van der Waals surface area contributed by atoms with Crippen molar-refractivity contribution >= 4 is 5.97 Å². The number of rotatable bonds is 60. The van der Waals surface area contributed by atoms with E-state index in [-0.39, 0.29) is 25.6 Å². The molecule has 14 nitrogen and oxygen atoms in total. The Morgan fingerprint density at radius 1 is 0.354 bits per heavy atom. The van der Waals surface area contributed by atoms with Crippen LogP contribution < -0.4 is 0 Å². The lowest BCUT2D eigenvalue weighted by Gasteiger charge is -2.42. The van der Waals surface area contributed by atoms with Gasteiger partial charge < -0.3 is 64.2 Å². The molecule has 11 unspecified atom stereocenters. The van der Waals surface area contributed by atoms with E-state index in [1.165, 1.54) is 263 Å². The van der Waals surface area contributed by atoms with Gasteiger partial charge in [0.2, 0.25) is 0 Å². The van der Waals surface area contributed by atoms with E-state index in [4.69, 9.17) is 28.4 Å². The fourth-order valence-corrected chi connectivity index (χ4v) is 11.8. The Balaban J connectivity index is 1.62. The zero-order chi connectivity index (χ0) is 59.4. The highest BCUT2D eigenvalue weighted by Crippen LogP contribution is 2.27. The molecular weight excluding hydrogens is 1040 g/mol. The number of aliphatic hydroxyl groups excluding tert-OH is 7. The molecule has 488 valence electrons. The fraction of sp³-hybridized carbons (Fsp3) is 0.985. The predicted octanol–water partition coefficient (Wildman–Crippen LogP) is 14.7. The van der Waals surface area contributed by atoms with E-state index in [9.17, 15) is 40.5 Å².